The first kappa shape index (κ1) is 21.3. The van der Waals surface area contributed by atoms with Gasteiger partial charge in [-0.1, -0.05) is 29.8 Å². The summed E-state index contributed by atoms with van der Waals surface area (Å²) in [5.41, 5.74) is 3.38. The average Bonchev–Trinajstić information content (AvgIpc) is 3.24. The number of carbonyl (C=O) groups excluding carboxylic acids is 1. The summed E-state index contributed by atoms with van der Waals surface area (Å²) in [7, 11) is 1.63. The van der Waals surface area contributed by atoms with E-state index in [0.29, 0.717) is 22.4 Å². The summed E-state index contributed by atoms with van der Waals surface area (Å²) >= 11 is 6.60. The maximum atomic E-state index is 12.4. The van der Waals surface area contributed by atoms with Crippen molar-refractivity contribution in [2.45, 2.75) is 19.3 Å². The molecule has 1 aliphatic heterocycles. The summed E-state index contributed by atoms with van der Waals surface area (Å²) in [4.78, 5) is 23.8. The van der Waals surface area contributed by atoms with Gasteiger partial charge in [-0.15, -0.1) is 0 Å². The number of aromatic nitrogens is 3. The highest BCUT2D eigenvalue weighted by Gasteiger charge is 2.16. The lowest BCUT2D eigenvalue weighted by atomic mass is 10.1. The minimum atomic E-state index is -0.138. The molecule has 1 amide bonds. The Morgan fingerprint density at radius 1 is 1.06 bits per heavy atom. The smallest absolute Gasteiger partial charge is 0.253 e. The van der Waals surface area contributed by atoms with Gasteiger partial charge < -0.3 is 20.1 Å². The molecular weight excluding hydrogens is 436 g/mol. The number of hydrogen-bond acceptors (Lipinski definition) is 5. The predicted octanol–water partition coefficient (Wildman–Crippen LogP) is 5.17. The van der Waals surface area contributed by atoms with Gasteiger partial charge in [0.1, 0.15) is 5.82 Å². The fraction of sp³-hybridized carbons (Fsp3) is 0.240. The Labute approximate surface area is 197 Å². The van der Waals surface area contributed by atoms with E-state index in [2.05, 4.69) is 31.6 Å². The molecule has 3 heterocycles. The lowest BCUT2D eigenvalue weighted by molar-refractivity contribution is 0.0964. The largest absolute Gasteiger partial charge is 0.370 e. The summed E-state index contributed by atoms with van der Waals surface area (Å²) in [6, 6.07) is 15.5. The number of benzene rings is 2. The van der Waals surface area contributed by atoms with Crippen LogP contribution in [0, 0.1) is 0 Å². The van der Waals surface area contributed by atoms with Gasteiger partial charge in [-0.2, -0.15) is 4.98 Å². The van der Waals surface area contributed by atoms with Crippen molar-refractivity contribution in [1.29, 1.82) is 0 Å². The van der Waals surface area contributed by atoms with Crippen LogP contribution in [-0.2, 0) is 0 Å². The number of fused-ring (bicyclic) bond motifs is 1. The van der Waals surface area contributed by atoms with Gasteiger partial charge in [0.05, 0.1) is 21.8 Å². The fourth-order valence-corrected chi connectivity index (χ4v) is 4.63. The first-order valence-corrected chi connectivity index (χ1v) is 11.5. The third kappa shape index (κ3) is 4.24. The molecule has 0 saturated carbocycles. The molecule has 2 aromatic heterocycles. The molecule has 2 N–H and O–H groups in total. The molecule has 0 unspecified atom stereocenters. The van der Waals surface area contributed by atoms with E-state index >= 15 is 0 Å². The van der Waals surface area contributed by atoms with Crippen LogP contribution in [0.1, 0.15) is 29.6 Å². The molecular formula is C25H25ClN6O. The molecule has 8 heteroatoms. The van der Waals surface area contributed by atoms with E-state index in [1.807, 2.05) is 47.0 Å². The minimum absolute atomic E-state index is 0.138. The van der Waals surface area contributed by atoms with Crippen LogP contribution in [-0.4, -0.2) is 40.6 Å². The van der Waals surface area contributed by atoms with Crippen LogP contribution in [0.5, 0.6) is 0 Å². The summed E-state index contributed by atoms with van der Waals surface area (Å²) < 4.78 is 1.90. The zero-order valence-electron chi connectivity index (χ0n) is 18.4. The lowest BCUT2D eigenvalue weighted by Crippen LogP contribution is -2.29. The molecule has 5 rings (SSSR count). The number of rotatable bonds is 5. The van der Waals surface area contributed by atoms with Crippen LogP contribution in [0.15, 0.2) is 60.9 Å². The third-order valence-corrected chi connectivity index (χ3v) is 6.27. The maximum absolute atomic E-state index is 12.4. The predicted molar refractivity (Wildman–Crippen MR) is 133 cm³/mol. The number of halogens is 1. The van der Waals surface area contributed by atoms with E-state index in [9.17, 15) is 4.79 Å². The Morgan fingerprint density at radius 3 is 2.67 bits per heavy atom. The highest BCUT2D eigenvalue weighted by Crippen LogP contribution is 2.32. The average molecular weight is 461 g/mol. The van der Waals surface area contributed by atoms with E-state index in [1.54, 1.807) is 19.4 Å². The first-order valence-electron chi connectivity index (χ1n) is 11.1. The normalized spacial score (nSPS) is 13.8. The summed E-state index contributed by atoms with van der Waals surface area (Å²) in [5, 5.41) is 7.54. The summed E-state index contributed by atoms with van der Waals surface area (Å²) in [5.74, 6) is 0.976. The van der Waals surface area contributed by atoms with Crippen molar-refractivity contribution in [2.24, 2.45) is 0 Å². The maximum Gasteiger partial charge on any atom is 0.253 e. The molecule has 4 aromatic rings. The van der Waals surface area contributed by atoms with Crippen LogP contribution in [0.2, 0.25) is 5.02 Å². The molecule has 7 nitrogen and oxygen atoms in total. The Hall–Kier alpha value is -3.58. The molecule has 168 valence electrons. The van der Waals surface area contributed by atoms with Crippen molar-refractivity contribution in [3.8, 4) is 5.82 Å². The highest BCUT2D eigenvalue weighted by atomic mass is 35.5. The number of amides is 1. The second kappa shape index (κ2) is 9.11. The molecule has 2 aromatic carbocycles. The summed E-state index contributed by atoms with van der Waals surface area (Å²) in [6.07, 6.45) is 7.19. The van der Waals surface area contributed by atoms with Crippen molar-refractivity contribution in [2.75, 3.05) is 30.4 Å². The Bertz CT molecular complexity index is 1310. The van der Waals surface area contributed by atoms with E-state index in [4.69, 9.17) is 11.6 Å². The number of para-hydroxylation sites is 1. The number of hydrogen-bond donors (Lipinski definition) is 2. The van der Waals surface area contributed by atoms with Gasteiger partial charge in [0, 0.05) is 43.6 Å². The minimum Gasteiger partial charge on any atom is -0.370 e. The Morgan fingerprint density at radius 2 is 1.88 bits per heavy atom. The van der Waals surface area contributed by atoms with Crippen molar-refractivity contribution in [3.05, 3.63) is 71.5 Å². The van der Waals surface area contributed by atoms with Crippen molar-refractivity contribution >= 4 is 45.7 Å². The molecule has 1 saturated heterocycles. The lowest BCUT2D eigenvalue weighted by Gasteiger charge is -2.29. The van der Waals surface area contributed by atoms with Crippen molar-refractivity contribution in [1.82, 2.24) is 19.9 Å². The van der Waals surface area contributed by atoms with Crippen LogP contribution >= 0.6 is 11.6 Å². The zero-order chi connectivity index (χ0) is 22.8. The van der Waals surface area contributed by atoms with E-state index in [1.165, 1.54) is 19.3 Å². The summed E-state index contributed by atoms with van der Waals surface area (Å²) in [6.45, 7) is 2.08. The quantitative estimate of drug-likeness (QED) is 0.430. The Balaban J connectivity index is 1.44. The first-order chi connectivity index (χ1) is 16.1. The standard InChI is InChI=1S/C25H25ClN6O/c1-27-24(33)19-16-32(21-8-4-3-7-18(19)21)23-11-12-28-25(30-23)29-17-9-10-22(20(26)15-17)31-13-5-2-6-14-31/h3-4,7-12,15-16H,2,5-6,13-14H2,1H3,(H,27,33)(H,28,29,30). The third-order valence-electron chi connectivity index (χ3n) is 5.97. The van der Waals surface area contributed by atoms with Gasteiger partial charge in [0.15, 0.2) is 0 Å². The topological polar surface area (TPSA) is 75.1 Å². The van der Waals surface area contributed by atoms with E-state index < -0.39 is 0 Å². The Kier molecular flexibility index (Phi) is 5.88. The number of carbonyl (C=O) groups is 1. The molecule has 0 atom stereocenters. The molecule has 0 radical (unpaired) electrons. The zero-order valence-corrected chi connectivity index (χ0v) is 19.1. The van der Waals surface area contributed by atoms with E-state index in [0.717, 1.165) is 35.4 Å². The monoisotopic (exact) mass is 460 g/mol. The molecule has 1 aliphatic rings. The molecule has 0 spiro atoms. The fourth-order valence-electron chi connectivity index (χ4n) is 4.33. The number of nitrogens with one attached hydrogen (secondary N) is 2. The molecule has 0 bridgehead atoms. The van der Waals surface area contributed by atoms with Crippen LogP contribution in [0.25, 0.3) is 16.7 Å². The van der Waals surface area contributed by atoms with Crippen LogP contribution in [0.3, 0.4) is 0 Å². The SMILES string of the molecule is CNC(=O)c1cn(-c2ccnc(Nc3ccc(N4CCCCC4)c(Cl)c3)n2)c2ccccc12. The van der Waals surface area contributed by atoms with Crippen LogP contribution < -0.4 is 15.5 Å². The van der Waals surface area contributed by atoms with Gasteiger partial charge >= 0.3 is 0 Å². The van der Waals surface area contributed by atoms with Crippen LogP contribution in [0.4, 0.5) is 17.3 Å². The second-order valence-electron chi connectivity index (χ2n) is 8.09. The highest BCUT2D eigenvalue weighted by molar-refractivity contribution is 6.33. The van der Waals surface area contributed by atoms with Gasteiger partial charge in [-0.05, 0) is 49.6 Å². The molecule has 0 aliphatic carbocycles. The second-order valence-corrected chi connectivity index (χ2v) is 8.49. The molecule has 1 fully saturated rings. The number of nitrogens with zero attached hydrogens (tertiary/aromatic N) is 4. The van der Waals surface area contributed by atoms with Gasteiger partial charge in [0.2, 0.25) is 5.95 Å². The van der Waals surface area contributed by atoms with Crippen molar-refractivity contribution < 1.29 is 4.79 Å². The van der Waals surface area contributed by atoms with Crippen molar-refractivity contribution in [3.63, 3.8) is 0 Å². The van der Waals surface area contributed by atoms with Gasteiger partial charge in [-0.25, -0.2) is 4.98 Å². The van der Waals surface area contributed by atoms with E-state index in [-0.39, 0.29) is 5.91 Å². The molecule has 33 heavy (non-hydrogen) atoms. The van der Waals surface area contributed by atoms with Gasteiger partial charge in [0.25, 0.3) is 5.91 Å². The number of anilines is 3. The number of piperidine rings is 1. The van der Waals surface area contributed by atoms with Gasteiger partial charge in [-0.3, -0.25) is 4.79 Å².